The minimum atomic E-state index is -4.46. The van der Waals surface area contributed by atoms with E-state index < -0.39 is 11.9 Å². The molecule has 9 heteroatoms. The fourth-order valence-electron chi connectivity index (χ4n) is 1.80. The molecule has 0 spiro atoms. The Bertz CT molecular complexity index is 664. The highest BCUT2D eigenvalue weighted by Gasteiger charge is 2.35. The highest BCUT2D eigenvalue weighted by molar-refractivity contribution is 7.17. The van der Waals surface area contributed by atoms with Crippen LogP contribution in [0.3, 0.4) is 0 Å². The molecule has 0 aliphatic heterocycles. The van der Waals surface area contributed by atoms with Gasteiger partial charge in [0.15, 0.2) is 0 Å². The number of aromatic nitrogens is 2. The Morgan fingerprint density at radius 2 is 2.18 bits per heavy atom. The molecule has 22 heavy (non-hydrogen) atoms. The molecule has 0 aliphatic rings. The van der Waals surface area contributed by atoms with Crippen LogP contribution in [0.25, 0.3) is 10.6 Å². The average molecular weight is 333 g/mol. The maximum atomic E-state index is 12.8. The molecule has 0 radical (unpaired) electrons. The molecule has 0 saturated heterocycles. The highest BCUT2D eigenvalue weighted by Crippen LogP contribution is 2.34. The van der Waals surface area contributed by atoms with E-state index >= 15 is 0 Å². The van der Waals surface area contributed by atoms with Crippen LogP contribution in [0, 0.1) is 0 Å². The molecule has 0 fully saturated rings. The van der Waals surface area contributed by atoms with Crippen LogP contribution in [-0.4, -0.2) is 35.9 Å². The van der Waals surface area contributed by atoms with Crippen molar-refractivity contribution in [1.29, 1.82) is 0 Å². The second-order valence-corrected chi connectivity index (χ2v) is 5.53. The summed E-state index contributed by atoms with van der Waals surface area (Å²) in [5.74, 6) is -0.291. The number of methoxy groups -OCH3 is 1. The predicted molar refractivity (Wildman–Crippen MR) is 75.7 cm³/mol. The smallest absolute Gasteiger partial charge is 0.383 e. The standard InChI is InChI=1S/C13H14F3N3O2S/c1-19-11(13(14,15)16)7-8(18-19)9-3-4-10(22-9)12(20)17-5-6-21-2/h3-4,7H,5-6H2,1-2H3,(H,17,20). The van der Waals surface area contributed by atoms with Crippen LogP contribution >= 0.6 is 11.3 Å². The van der Waals surface area contributed by atoms with E-state index in [1.807, 2.05) is 0 Å². The van der Waals surface area contributed by atoms with Gasteiger partial charge in [0, 0.05) is 20.7 Å². The molecule has 0 bridgehead atoms. The third kappa shape index (κ3) is 3.66. The summed E-state index contributed by atoms with van der Waals surface area (Å²) in [6.07, 6.45) is -4.46. The lowest BCUT2D eigenvalue weighted by atomic mass is 10.3. The van der Waals surface area contributed by atoms with Crippen molar-refractivity contribution in [3.63, 3.8) is 0 Å². The van der Waals surface area contributed by atoms with Crippen LogP contribution in [0.1, 0.15) is 15.4 Å². The van der Waals surface area contributed by atoms with Gasteiger partial charge < -0.3 is 10.1 Å². The van der Waals surface area contributed by atoms with Gasteiger partial charge in [0.05, 0.1) is 16.4 Å². The van der Waals surface area contributed by atoms with Crippen LogP contribution in [0.2, 0.25) is 0 Å². The van der Waals surface area contributed by atoms with E-state index in [4.69, 9.17) is 4.74 Å². The highest BCUT2D eigenvalue weighted by atomic mass is 32.1. The Balaban J connectivity index is 2.16. The summed E-state index contributed by atoms with van der Waals surface area (Å²) in [7, 11) is 2.76. The third-order valence-electron chi connectivity index (χ3n) is 2.84. The van der Waals surface area contributed by atoms with Crippen LogP contribution in [-0.2, 0) is 18.0 Å². The minimum absolute atomic E-state index is 0.191. The number of rotatable bonds is 5. The zero-order valence-electron chi connectivity index (χ0n) is 11.9. The summed E-state index contributed by atoms with van der Waals surface area (Å²) >= 11 is 1.09. The molecule has 0 aromatic carbocycles. The summed E-state index contributed by atoms with van der Waals surface area (Å²) in [6.45, 7) is 0.754. The Labute approximate surface area is 128 Å². The van der Waals surface area contributed by atoms with Crippen LogP contribution in [0.15, 0.2) is 18.2 Å². The van der Waals surface area contributed by atoms with Gasteiger partial charge in [-0.05, 0) is 18.2 Å². The van der Waals surface area contributed by atoms with Crippen LogP contribution < -0.4 is 5.32 Å². The number of nitrogens with zero attached hydrogens (tertiary/aromatic N) is 2. The SMILES string of the molecule is COCCNC(=O)c1ccc(-c2cc(C(F)(F)F)n(C)n2)s1. The summed E-state index contributed by atoms with van der Waals surface area (Å²) in [5.41, 5.74) is -0.641. The topological polar surface area (TPSA) is 56.1 Å². The molecule has 2 aromatic rings. The molecule has 2 heterocycles. The van der Waals surface area contributed by atoms with E-state index in [9.17, 15) is 18.0 Å². The number of nitrogens with one attached hydrogen (secondary N) is 1. The van der Waals surface area contributed by atoms with Crippen molar-refractivity contribution < 1.29 is 22.7 Å². The van der Waals surface area contributed by atoms with E-state index in [2.05, 4.69) is 10.4 Å². The largest absolute Gasteiger partial charge is 0.433 e. The Kier molecular flexibility index (Phi) is 4.87. The van der Waals surface area contributed by atoms with E-state index in [0.29, 0.717) is 22.9 Å². The fourth-order valence-corrected chi connectivity index (χ4v) is 2.68. The van der Waals surface area contributed by atoms with Crippen molar-refractivity contribution in [2.75, 3.05) is 20.3 Å². The van der Waals surface area contributed by atoms with Crippen molar-refractivity contribution in [3.05, 3.63) is 28.8 Å². The summed E-state index contributed by atoms with van der Waals surface area (Å²) in [5, 5.41) is 6.50. The van der Waals surface area contributed by atoms with E-state index in [1.165, 1.54) is 14.2 Å². The average Bonchev–Trinajstić information content (AvgIpc) is 3.04. The monoisotopic (exact) mass is 333 g/mol. The van der Waals surface area contributed by atoms with Crippen LogP contribution in [0.5, 0.6) is 0 Å². The van der Waals surface area contributed by atoms with Gasteiger partial charge in [-0.1, -0.05) is 0 Å². The zero-order valence-corrected chi connectivity index (χ0v) is 12.7. The molecule has 0 unspecified atom stereocenters. The number of alkyl halides is 3. The quantitative estimate of drug-likeness (QED) is 0.856. The predicted octanol–water partition coefficient (Wildman–Crippen LogP) is 2.54. The molecule has 120 valence electrons. The first-order chi connectivity index (χ1) is 10.3. The lowest BCUT2D eigenvalue weighted by Crippen LogP contribution is -2.26. The molecular formula is C13H14F3N3O2S. The minimum Gasteiger partial charge on any atom is -0.383 e. The molecule has 5 nitrogen and oxygen atoms in total. The van der Waals surface area contributed by atoms with Gasteiger partial charge in [-0.25, -0.2) is 0 Å². The van der Waals surface area contributed by atoms with Gasteiger partial charge in [-0.15, -0.1) is 11.3 Å². The maximum Gasteiger partial charge on any atom is 0.433 e. The molecule has 0 atom stereocenters. The van der Waals surface area contributed by atoms with Gasteiger partial charge in [0.1, 0.15) is 11.4 Å². The number of carbonyl (C=O) groups excluding carboxylic acids is 1. The molecule has 0 saturated carbocycles. The Hall–Kier alpha value is -1.87. The number of carbonyl (C=O) groups is 1. The van der Waals surface area contributed by atoms with Gasteiger partial charge in [-0.3, -0.25) is 9.48 Å². The van der Waals surface area contributed by atoms with Crippen molar-refractivity contribution in [2.24, 2.45) is 7.05 Å². The number of hydrogen-bond donors (Lipinski definition) is 1. The Morgan fingerprint density at radius 1 is 1.45 bits per heavy atom. The van der Waals surface area contributed by atoms with Gasteiger partial charge >= 0.3 is 6.18 Å². The molecule has 2 rings (SSSR count). The first-order valence-electron chi connectivity index (χ1n) is 6.31. The Morgan fingerprint density at radius 3 is 2.77 bits per heavy atom. The maximum absolute atomic E-state index is 12.8. The molecule has 1 N–H and O–H groups in total. The summed E-state index contributed by atoms with van der Waals surface area (Å²) in [4.78, 5) is 12.7. The molecule has 2 aromatic heterocycles. The lowest BCUT2D eigenvalue weighted by Gasteiger charge is -2.04. The summed E-state index contributed by atoms with van der Waals surface area (Å²) < 4.78 is 43.9. The number of thiophene rings is 1. The normalized spacial score (nSPS) is 11.7. The first kappa shape index (κ1) is 16.5. The van der Waals surface area contributed by atoms with E-state index in [1.54, 1.807) is 12.1 Å². The van der Waals surface area contributed by atoms with Crippen molar-refractivity contribution >= 4 is 17.2 Å². The molecule has 0 aliphatic carbocycles. The lowest BCUT2D eigenvalue weighted by molar-refractivity contribution is -0.143. The second kappa shape index (κ2) is 6.49. The number of halogens is 3. The summed E-state index contributed by atoms with van der Waals surface area (Å²) in [6, 6.07) is 4.11. The van der Waals surface area contributed by atoms with E-state index in [-0.39, 0.29) is 11.6 Å². The van der Waals surface area contributed by atoms with Crippen molar-refractivity contribution in [3.8, 4) is 10.6 Å². The second-order valence-electron chi connectivity index (χ2n) is 4.45. The number of ether oxygens (including phenoxy) is 1. The number of aryl methyl sites for hydroxylation is 1. The van der Waals surface area contributed by atoms with Crippen LogP contribution in [0.4, 0.5) is 13.2 Å². The van der Waals surface area contributed by atoms with E-state index in [0.717, 1.165) is 22.1 Å². The van der Waals surface area contributed by atoms with Gasteiger partial charge in [0.2, 0.25) is 0 Å². The molecule has 1 amide bonds. The first-order valence-corrected chi connectivity index (χ1v) is 7.13. The van der Waals surface area contributed by atoms with Crippen molar-refractivity contribution in [2.45, 2.75) is 6.18 Å². The van der Waals surface area contributed by atoms with Gasteiger partial charge in [0.25, 0.3) is 5.91 Å². The van der Waals surface area contributed by atoms with Gasteiger partial charge in [-0.2, -0.15) is 18.3 Å². The molecular weight excluding hydrogens is 319 g/mol. The zero-order chi connectivity index (χ0) is 16.3. The fraction of sp³-hybridized carbons (Fsp3) is 0.385. The number of hydrogen-bond acceptors (Lipinski definition) is 4. The third-order valence-corrected chi connectivity index (χ3v) is 3.95. The number of amides is 1. The van der Waals surface area contributed by atoms with Crippen molar-refractivity contribution in [1.82, 2.24) is 15.1 Å².